The number of nitrogens with one attached hydrogen (secondary N) is 1. The van der Waals surface area contributed by atoms with Gasteiger partial charge in [-0.15, -0.1) is 0 Å². The van der Waals surface area contributed by atoms with Crippen LogP contribution in [-0.4, -0.2) is 25.5 Å². The van der Waals surface area contributed by atoms with E-state index in [2.05, 4.69) is 67.6 Å². The lowest BCUT2D eigenvalue weighted by molar-refractivity contribution is 0.288. The van der Waals surface area contributed by atoms with Gasteiger partial charge in [-0.05, 0) is 49.8 Å². The Morgan fingerprint density at radius 3 is 2.33 bits per heavy atom. The van der Waals surface area contributed by atoms with Gasteiger partial charge < -0.3 is 10.2 Å². The van der Waals surface area contributed by atoms with E-state index in [0.29, 0.717) is 6.04 Å². The third kappa shape index (κ3) is 4.57. The van der Waals surface area contributed by atoms with Crippen molar-refractivity contribution in [2.75, 3.05) is 20.6 Å². The Morgan fingerprint density at radius 1 is 1.05 bits per heavy atom. The predicted molar refractivity (Wildman–Crippen MR) is 90.8 cm³/mol. The summed E-state index contributed by atoms with van der Waals surface area (Å²) in [6.07, 6.45) is 0. The fraction of sp³-hybridized carbons (Fsp3) is 0.333. The van der Waals surface area contributed by atoms with E-state index in [1.54, 1.807) is 0 Å². The number of benzene rings is 2. The van der Waals surface area contributed by atoms with Gasteiger partial charge in [0.25, 0.3) is 0 Å². The molecule has 0 aliphatic carbocycles. The molecule has 0 saturated heterocycles. The molecule has 0 spiro atoms. The van der Waals surface area contributed by atoms with E-state index in [1.165, 1.54) is 16.7 Å². The van der Waals surface area contributed by atoms with Gasteiger partial charge in [0.15, 0.2) is 0 Å². The zero-order chi connectivity index (χ0) is 15.2. The van der Waals surface area contributed by atoms with E-state index >= 15 is 0 Å². The summed E-state index contributed by atoms with van der Waals surface area (Å²) in [5.74, 6) is 0. The van der Waals surface area contributed by atoms with Crippen LogP contribution in [0.3, 0.4) is 0 Å². The molecule has 2 aromatic rings. The van der Waals surface area contributed by atoms with Crippen molar-refractivity contribution in [3.05, 3.63) is 70.2 Å². The van der Waals surface area contributed by atoms with E-state index in [9.17, 15) is 0 Å². The molecule has 1 unspecified atom stereocenters. The van der Waals surface area contributed by atoms with Crippen molar-refractivity contribution in [1.29, 1.82) is 0 Å². The maximum atomic E-state index is 5.97. The van der Waals surface area contributed by atoms with Crippen molar-refractivity contribution in [3.8, 4) is 0 Å². The molecule has 0 aromatic heterocycles. The van der Waals surface area contributed by atoms with Crippen LogP contribution in [0.5, 0.6) is 0 Å². The normalized spacial score (nSPS) is 12.6. The number of aryl methyl sites for hydroxylation is 1. The van der Waals surface area contributed by atoms with Crippen LogP contribution in [0.2, 0.25) is 5.02 Å². The number of halogens is 1. The summed E-state index contributed by atoms with van der Waals surface area (Å²) in [5.41, 5.74) is 3.96. The van der Waals surface area contributed by atoms with Crippen LogP contribution < -0.4 is 5.32 Å². The minimum atomic E-state index is 0.339. The molecule has 2 rings (SSSR count). The molecule has 0 fully saturated rings. The van der Waals surface area contributed by atoms with Crippen molar-refractivity contribution >= 4 is 11.6 Å². The van der Waals surface area contributed by atoms with Gasteiger partial charge in [-0.3, -0.25) is 0 Å². The molecular formula is C18H23ClN2. The van der Waals surface area contributed by atoms with Gasteiger partial charge in [0.05, 0.1) is 0 Å². The Labute approximate surface area is 132 Å². The van der Waals surface area contributed by atoms with Gasteiger partial charge in [-0.2, -0.15) is 0 Å². The maximum absolute atomic E-state index is 5.97. The minimum Gasteiger partial charge on any atom is -0.311 e. The van der Waals surface area contributed by atoms with Crippen LogP contribution in [-0.2, 0) is 6.54 Å². The third-order valence-corrected chi connectivity index (χ3v) is 4.04. The number of nitrogens with zero attached hydrogens (tertiary/aromatic N) is 1. The molecule has 0 amide bonds. The summed E-state index contributed by atoms with van der Waals surface area (Å²) in [6, 6.07) is 16.9. The molecule has 0 heterocycles. The Bertz CT molecular complexity index is 564. The summed E-state index contributed by atoms with van der Waals surface area (Å²) >= 11 is 5.97. The van der Waals surface area contributed by atoms with E-state index < -0.39 is 0 Å². The van der Waals surface area contributed by atoms with Crippen molar-refractivity contribution in [2.24, 2.45) is 0 Å². The van der Waals surface area contributed by atoms with Gasteiger partial charge in [0.1, 0.15) is 0 Å². The number of hydrogen-bond acceptors (Lipinski definition) is 2. The first-order chi connectivity index (χ1) is 10.1. The monoisotopic (exact) mass is 302 g/mol. The van der Waals surface area contributed by atoms with Crippen LogP contribution in [0.15, 0.2) is 48.5 Å². The van der Waals surface area contributed by atoms with E-state index in [4.69, 9.17) is 11.6 Å². The Morgan fingerprint density at radius 2 is 1.71 bits per heavy atom. The second-order valence-electron chi connectivity index (χ2n) is 5.59. The number of hydrogen-bond donors (Lipinski definition) is 1. The van der Waals surface area contributed by atoms with Crippen LogP contribution in [0.1, 0.15) is 22.7 Å². The molecular weight excluding hydrogens is 280 g/mol. The zero-order valence-electron chi connectivity index (χ0n) is 12.9. The molecule has 1 atom stereocenters. The van der Waals surface area contributed by atoms with Crippen LogP contribution in [0, 0.1) is 6.92 Å². The van der Waals surface area contributed by atoms with Gasteiger partial charge in [0, 0.05) is 24.2 Å². The minimum absolute atomic E-state index is 0.339. The molecule has 0 aliphatic rings. The predicted octanol–water partition coefficient (Wildman–Crippen LogP) is 4.04. The summed E-state index contributed by atoms with van der Waals surface area (Å²) < 4.78 is 0. The molecule has 2 aromatic carbocycles. The lowest BCUT2D eigenvalue weighted by Crippen LogP contribution is -2.30. The topological polar surface area (TPSA) is 15.3 Å². The zero-order valence-corrected chi connectivity index (χ0v) is 13.7. The number of rotatable bonds is 6. The van der Waals surface area contributed by atoms with E-state index in [0.717, 1.165) is 18.1 Å². The second kappa shape index (κ2) is 7.60. The SMILES string of the molecule is Cc1ccccc1CNCC(c1ccc(Cl)cc1)N(C)C. The maximum Gasteiger partial charge on any atom is 0.0466 e. The Hall–Kier alpha value is -1.35. The fourth-order valence-corrected chi connectivity index (χ4v) is 2.56. The summed E-state index contributed by atoms with van der Waals surface area (Å²) in [5, 5.41) is 4.34. The average Bonchev–Trinajstić information content (AvgIpc) is 2.46. The summed E-state index contributed by atoms with van der Waals surface area (Å²) in [6.45, 7) is 3.95. The Balaban J connectivity index is 1.98. The Kier molecular flexibility index (Phi) is 5.80. The molecule has 3 heteroatoms. The molecule has 0 saturated carbocycles. The average molecular weight is 303 g/mol. The first-order valence-electron chi connectivity index (χ1n) is 7.25. The third-order valence-electron chi connectivity index (χ3n) is 3.79. The first kappa shape index (κ1) is 16.0. The molecule has 1 N–H and O–H groups in total. The highest BCUT2D eigenvalue weighted by molar-refractivity contribution is 6.30. The number of likely N-dealkylation sites (N-methyl/N-ethyl adjacent to an activating group) is 1. The highest BCUT2D eigenvalue weighted by atomic mass is 35.5. The van der Waals surface area contributed by atoms with Crippen molar-refractivity contribution in [3.63, 3.8) is 0 Å². The standard InChI is InChI=1S/C18H23ClN2/c1-14-6-4-5-7-16(14)12-20-13-18(21(2)3)15-8-10-17(19)11-9-15/h4-11,18,20H,12-13H2,1-3H3. The van der Waals surface area contributed by atoms with Crippen molar-refractivity contribution < 1.29 is 0 Å². The summed E-state index contributed by atoms with van der Waals surface area (Å²) in [7, 11) is 4.21. The van der Waals surface area contributed by atoms with Crippen LogP contribution in [0.4, 0.5) is 0 Å². The first-order valence-corrected chi connectivity index (χ1v) is 7.63. The van der Waals surface area contributed by atoms with Gasteiger partial charge in [-0.25, -0.2) is 0 Å². The smallest absolute Gasteiger partial charge is 0.0466 e. The lowest BCUT2D eigenvalue weighted by Gasteiger charge is -2.25. The largest absolute Gasteiger partial charge is 0.311 e. The van der Waals surface area contributed by atoms with Crippen LogP contribution in [0.25, 0.3) is 0 Å². The summed E-state index contributed by atoms with van der Waals surface area (Å²) in [4.78, 5) is 2.23. The molecule has 0 aliphatic heterocycles. The molecule has 21 heavy (non-hydrogen) atoms. The lowest BCUT2D eigenvalue weighted by atomic mass is 10.1. The highest BCUT2D eigenvalue weighted by Gasteiger charge is 2.13. The van der Waals surface area contributed by atoms with E-state index in [1.807, 2.05) is 12.1 Å². The van der Waals surface area contributed by atoms with E-state index in [-0.39, 0.29) is 0 Å². The van der Waals surface area contributed by atoms with Gasteiger partial charge in [-0.1, -0.05) is 48.0 Å². The van der Waals surface area contributed by atoms with Gasteiger partial charge >= 0.3 is 0 Å². The van der Waals surface area contributed by atoms with Gasteiger partial charge in [0.2, 0.25) is 0 Å². The molecule has 0 bridgehead atoms. The molecule has 2 nitrogen and oxygen atoms in total. The molecule has 112 valence electrons. The fourth-order valence-electron chi connectivity index (χ4n) is 2.44. The van der Waals surface area contributed by atoms with Crippen molar-refractivity contribution in [2.45, 2.75) is 19.5 Å². The molecule has 0 radical (unpaired) electrons. The quantitative estimate of drug-likeness (QED) is 0.866. The second-order valence-corrected chi connectivity index (χ2v) is 6.02. The highest BCUT2D eigenvalue weighted by Crippen LogP contribution is 2.20. The van der Waals surface area contributed by atoms with Crippen molar-refractivity contribution in [1.82, 2.24) is 10.2 Å². The van der Waals surface area contributed by atoms with Crippen LogP contribution >= 0.6 is 11.6 Å².